The Kier molecular flexibility index (Phi) is 5.32. The van der Waals surface area contributed by atoms with E-state index in [-0.39, 0.29) is 5.78 Å². The van der Waals surface area contributed by atoms with Crippen molar-refractivity contribution in [2.75, 3.05) is 25.5 Å². The summed E-state index contributed by atoms with van der Waals surface area (Å²) in [6.07, 6.45) is 6.91. The third kappa shape index (κ3) is 3.66. The average Bonchev–Trinajstić information content (AvgIpc) is 3.35. The van der Waals surface area contributed by atoms with Crippen LogP contribution in [-0.2, 0) is 0 Å². The number of fused-ring (bicyclic) bond motifs is 1. The van der Waals surface area contributed by atoms with Crippen LogP contribution in [0.2, 0.25) is 0 Å². The summed E-state index contributed by atoms with van der Waals surface area (Å²) < 4.78 is 1.72. The van der Waals surface area contributed by atoms with Crippen molar-refractivity contribution in [1.29, 1.82) is 0 Å². The minimum absolute atomic E-state index is 0.0945. The van der Waals surface area contributed by atoms with Crippen LogP contribution < -0.4 is 5.84 Å². The number of benzene rings is 1. The van der Waals surface area contributed by atoms with Crippen molar-refractivity contribution in [3.63, 3.8) is 0 Å². The van der Waals surface area contributed by atoms with Gasteiger partial charge in [0.1, 0.15) is 0 Å². The summed E-state index contributed by atoms with van der Waals surface area (Å²) in [6.45, 7) is 5.75. The molecule has 1 fully saturated rings. The molecule has 0 atom stereocenters. The molecule has 0 bridgehead atoms. The predicted octanol–water partition coefficient (Wildman–Crippen LogP) is 4.63. The minimum atomic E-state index is 0.0945. The van der Waals surface area contributed by atoms with E-state index in [2.05, 4.69) is 18.0 Å². The first-order valence-electron chi connectivity index (χ1n) is 9.88. The van der Waals surface area contributed by atoms with E-state index >= 15 is 0 Å². The molecule has 1 aliphatic heterocycles. The highest BCUT2D eigenvalue weighted by Gasteiger charge is 2.24. The topological polar surface area (TPSA) is 51.3 Å². The molecule has 4 nitrogen and oxygen atoms in total. The second kappa shape index (κ2) is 7.87. The first-order chi connectivity index (χ1) is 13.2. The number of aromatic nitrogens is 1. The van der Waals surface area contributed by atoms with Crippen LogP contribution in [0.15, 0.2) is 41.9 Å². The molecular weight excluding hydrogens is 354 g/mol. The van der Waals surface area contributed by atoms with Gasteiger partial charge < -0.3 is 10.7 Å². The number of nitrogens with zero attached hydrogens (tertiary/aromatic N) is 2. The van der Waals surface area contributed by atoms with Gasteiger partial charge in [-0.3, -0.25) is 9.47 Å². The number of piperidine rings is 1. The van der Waals surface area contributed by atoms with E-state index < -0.39 is 0 Å². The maximum absolute atomic E-state index is 12.8. The van der Waals surface area contributed by atoms with Crippen LogP contribution in [0.3, 0.4) is 0 Å². The number of rotatable bonds is 6. The van der Waals surface area contributed by atoms with E-state index in [1.54, 1.807) is 4.68 Å². The van der Waals surface area contributed by atoms with Crippen LogP contribution in [0, 0.1) is 0 Å². The number of carbonyl (C=O) groups is 1. The second-order valence-electron chi connectivity index (χ2n) is 7.50. The highest BCUT2D eigenvalue weighted by molar-refractivity contribution is 7.12. The number of unbranched alkanes of at least 4 members (excludes halogenated alkanes) is 1. The smallest absolute Gasteiger partial charge is 0.202 e. The summed E-state index contributed by atoms with van der Waals surface area (Å²) in [5.74, 6) is 6.83. The fraction of sp³-hybridized carbons (Fsp3) is 0.409. The number of nitrogen functional groups attached to an aromatic ring is 1. The average molecular weight is 382 g/mol. The Morgan fingerprint density at radius 1 is 1.26 bits per heavy atom. The van der Waals surface area contributed by atoms with Crippen molar-refractivity contribution in [2.24, 2.45) is 0 Å². The van der Waals surface area contributed by atoms with Crippen LogP contribution in [0.25, 0.3) is 10.9 Å². The van der Waals surface area contributed by atoms with Gasteiger partial charge >= 0.3 is 0 Å². The van der Waals surface area contributed by atoms with Crippen LogP contribution in [0.1, 0.15) is 59.3 Å². The monoisotopic (exact) mass is 381 g/mol. The zero-order valence-electron chi connectivity index (χ0n) is 15.9. The van der Waals surface area contributed by atoms with Gasteiger partial charge in [-0.15, -0.1) is 11.3 Å². The van der Waals surface area contributed by atoms with Gasteiger partial charge in [-0.1, -0.05) is 19.4 Å². The number of likely N-dealkylation sites (tertiary alicyclic amines) is 1. The largest absolute Gasteiger partial charge is 0.339 e. The Labute approximate surface area is 164 Å². The Bertz CT molecular complexity index is 921. The Morgan fingerprint density at radius 3 is 2.78 bits per heavy atom. The Balaban J connectivity index is 1.60. The molecule has 0 spiro atoms. The molecule has 0 saturated carbocycles. The molecule has 0 aliphatic carbocycles. The standard InChI is InChI=1S/C22H27N3OS/c1-2-3-10-24-11-8-16(9-12-24)19-15-25(23)20-7-6-17(14-18(19)20)22(26)21-5-4-13-27-21/h4-7,13-16H,2-3,8-12,23H2,1H3. The number of nitrogens with two attached hydrogens (primary N) is 1. The molecule has 27 heavy (non-hydrogen) atoms. The lowest BCUT2D eigenvalue weighted by Crippen LogP contribution is -2.33. The summed E-state index contributed by atoms with van der Waals surface area (Å²) in [6, 6.07) is 9.73. The van der Waals surface area contributed by atoms with Crippen molar-refractivity contribution < 1.29 is 4.79 Å². The number of thiophene rings is 1. The van der Waals surface area contributed by atoms with Crippen LogP contribution in [0.5, 0.6) is 0 Å². The first kappa shape index (κ1) is 18.3. The highest BCUT2D eigenvalue weighted by Crippen LogP contribution is 2.34. The molecule has 3 heterocycles. The molecule has 3 aromatic rings. The fourth-order valence-corrected chi connectivity index (χ4v) is 4.83. The molecule has 4 rings (SSSR count). The molecule has 1 aromatic carbocycles. The third-order valence-electron chi connectivity index (χ3n) is 5.73. The molecule has 2 aromatic heterocycles. The maximum atomic E-state index is 12.8. The van der Waals surface area contributed by atoms with Crippen molar-refractivity contribution in [1.82, 2.24) is 9.58 Å². The van der Waals surface area contributed by atoms with Gasteiger partial charge in [0.25, 0.3) is 0 Å². The summed E-state index contributed by atoms with van der Waals surface area (Å²) in [7, 11) is 0. The first-order valence-corrected chi connectivity index (χ1v) is 10.8. The number of hydrogen-bond donors (Lipinski definition) is 1. The highest BCUT2D eigenvalue weighted by atomic mass is 32.1. The molecular formula is C22H27N3OS. The Hall–Kier alpha value is -2.11. The number of hydrogen-bond acceptors (Lipinski definition) is 4. The molecule has 0 radical (unpaired) electrons. The van der Waals surface area contributed by atoms with Gasteiger partial charge in [0.2, 0.25) is 5.78 Å². The van der Waals surface area contributed by atoms with Crippen molar-refractivity contribution in [3.05, 3.63) is 57.9 Å². The van der Waals surface area contributed by atoms with E-state index in [4.69, 9.17) is 5.84 Å². The minimum Gasteiger partial charge on any atom is -0.339 e. The van der Waals surface area contributed by atoms with Gasteiger partial charge in [0.15, 0.2) is 0 Å². The fourth-order valence-electron chi connectivity index (χ4n) is 4.15. The Morgan fingerprint density at radius 2 is 2.07 bits per heavy atom. The van der Waals surface area contributed by atoms with Gasteiger partial charge in [-0.05, 0) is 80.0 Å². The molecule has 0 amide bonds. The van der Waals surface area contributed by atoms with Gasteiger partial charge in [0.05, 0.1) is 10.4 Å². The van der Waals surface area contributed by atoms with E-state index in [9.17, 15) is 4.79 Å². The lowest BCUT2D eigenvalue weighted by atomic mass is 9.88. The lowest BCUT2D eigenvalue weighted by molar-refractivity contribution is 0.104. The third-order valence-corrected chi connectivity index (χ3v) is 6.59. The number of carbonyl (C=O) groups excluding carboxylic acids is 1. The zero-order chi connectivity index (χ0) is 18.8. The second-order valence-corrected chi connectivity index (χ2v) is 8.45. The number of ketones is 1. The normalized spacial score (nSPS) is 16.2. The molecule has 5 heteroatoms. The predicted molar refractivity (Wildman–Crippen MR) is 113 cm³/mol. The van der Waals surface area contributed by atoms with Gasteiger partial charge in [-0.25, -0.2) is 0 Å². The molecule has 1 aliphatic rings. The summed E-state index contributed by atoms with van der Waals surface area (Å²) in [5, 5.41) is 3.08. The zero-order valence-corrected chi connectivity index (χ0v) is 16.7. The molecule has 0 unspecified atom stereocenters. The van der Waals surface area contributed by atoms with Gasteiger partial charge in [0, 0.05) is 17.1 Å². The molecule has 2 N–H and O–H groups in total. The summed E-state index contributed by atoms with van der Waals surface area (Å²) in [4.78, 5) is 16.1. The van der Waals surface area contributed by atoms with Crippen LogP contribution in [0.4, 0.5) is 0 Å². The SMILES string of the molecule is CCCCN1CCC(c2cn(N)c3ccc(C(=O)c4cccs4)cc23)CC1. The quantitative estimate of drug-likeness (QED) is 0.500. The van der Waals surface area contributed by atoms with E-state index in [0.717, 1.165) is 47.3 Å². The van der Waals surface area contributed by atoms with E-state index in [1.807, 2.05) is 35.7 Å². The maximum Gasteiger partial charge on any atom is 0.202 e. The molecule has 142 valence electrons. The van der Waals surface area contributed by atoms with Crippen molar-refractivity contribution >= 4 is 28.0 Å². The van der Waals surface area contributed by atoms with Crippen molar-refractivity contribution in [3.8, 4) is 0 Å². The molecule has 1 saturated heterocycles. The lowest BCUT2D eigenvalue weighted by Gasteiger charge is -2.31. The van der Waals surface area contributed by atoms with E-state index in [1.165, 1.54) is 36.3 Å². The summed E-state index contributed by atoms with van der Waals surface area (Å²) >= 11 is 1.49. The van der Waals surface area contributed by atoms with Crippen LogP contribution >= 0.6 is 11.3 Å². The van der Waals surface area contributed by atoms with Gasteiger partial charge in [-0.2, -0.15) is 0 Å². The van der Waals surface area contributed by atoms with E-state index in [0.29, 0.717) is 5.92 Å². The summed E-state index contributed by atoms with van der Waals surface area (Å²) in [5.41, 5.74) is 3.04. The van der Waals surface area contributed by atoms with Crippen molar-refractivity contribution in [2.45, 2.75) is 38.5 Å². The van der Waals surface area contributed by atoms with Crippen LogP contribution in [-0.4, -0.2) is 35.0 Å².